The number of rotatable bonds is 12. The van der Waals surface area contributed by atoms with Crippen molar-refractivity contribution in [3.8, 4) is 0 Å². The van der Waals surface area contributed by atoms with Crippen molar-refractivity contribution in [2.45, 2.75) is 23.3 Å². The Kier molecular flexibility index (Phi) is 8.91. The lowest BCUT2D eigenvalue weighted by molar-refractivity contribution is -0.463. The fraction of sp³-hybridized carbons (Fsp3) is 0.500. The fourth-order valence-corrected chi connectivity index (χ4v) is 3.18. The van der Waals surface area contributed by atoms with Gasteiger partial charge in [-0.3, -0.25) is 15.1 Å². The molecule has 0 bridgehead atoms. The fourth-order valence-electron chi connectivity index (χ4n) is 1.75. The number of amidine groups is 1. The molecule has 0 fully saturated rings. The number of nitro groups is 1. The van der Waals surface area contributed by atoms with Gasteiger partial charge in [-0.1, -0.05) is 23.5 Å². The van der Waals surface area contributed by atoms with Crippen LogP contribution < -0.4 is 5.32 Å². The summed E-state index contributed by atoms with van der Waals surface area (Å²) in [4.78, 5) is 22.7. The van der Waals surface area contributed by atoms with E-state index in [-0.39, 0.29) is 11.5 Å². The van der Waals surface area contributed by atoms with Gasteiger partial charge in [0, 0.05) is 29.5 Å². The molecule has 0 saturated carbocycles. The molecule has 2 aromatic heterocycles. The van der Waals surface area contributed by atoms with Gasteiger partial charge in [-0.15, -0.1) is 0 Å². The van der Waals surface area contributed by atoms with E-state index in [1.165, 1.54) is 36.1 Å². The number of hydrogen-bond acceptors (Lipinski definition) is 9. The summed E-state index contributed by atoms with van der Waals surface area (Å²) in [5.41, 5.74) is 0. The SMILES string of the molecule is O=[N+]([O-])CC(=NCCCSc1ncco1)NCCCSc1ncco1. The summed E-state index contributed by atoms with van der Waals surface area (Å²) in [6, 6.07) is 0. The summed E-state index contributed by atoms with van der Waals surface area (Å²) >= 11 is 3.00. The first-order valence-electron chi connectivity index (χ1n) is 7.67. The Morgan fingerprint density at radius 2 is 1.80 bits per heavy atom. The van der Waals surface area contributed by atoms with Gasteiger partial charge in [-0.25, -0.2) is 9.97 Å². The topological polar surface area (TPSA) is 120 Å². The third kappa shape index (κ3) is 8.59. The van der Waals surface area contributed by atoms with E-state index >= 15 is 0 Å². The van der Waals surface area contributed by atoms with E-state index in [2.05, 4.69) is 20.3 Å². The van der Waals surface area contributed by atoms with Crippen LogP contribution in [0.3, 0.4) is 0 Å². The minimum atomic E-state index is -0.380. The molecule has 11 heteroatoms. The van der Waals surface area contributed by atoms with Crippen molar-refractivity contribution in [1.82, 2.24) is 15.3 Å². The summed E-state index contributed by atoms with van der Waals surface area (Å²) in [5, 5.41) is 15.0. The molecule has 0 unspecified atom stereocenters. The highest BCUT2D eigenvalue weighted by Crippen LogP contribution is 2.16. The minimum Gasteiger partial charge on any atom is -0.440 e. The molecule has 2 rings (SSSR count). The predicted octanol–water partition coefficient (Wildman–Crippen LogP) is 2.59. The average molecular weight is 385 g/mol. The highest BCUT2D eigenvalue weighted by Gasteiger charge is 2.07. The number of oxazole rings is 2. The van der Waals surface area contributed by atoms with Crippen LogP contribution in [-0.4, -0.2) is 51.9 Å². The summed E-state index contributed by atoms with van der Waals surface area (Å²) in [5.74, 6) is 2.02. The van der Waals surface area contributed by atoms with Crippen molar-refractivity contribution < 1.29 is 13.8 Å². The Balaban J connectivity index is 1.61. The number of nitrogens with zero attached hydrogens (tertiary/aromatic N) is 4. The maximum absolute atomic E-state index is 10.7. The van der Waals surface area contributed by atoms with Gasteiger partial charge in [0.2, 0.25) is 0 Å². The molecule has 0 saturated heterocycles. The first-order valence-corrected chi connectivity index (χ1v) is 9.65. The highest BCUT2D eigenvalue weighted by atomic mass is 32.2. The predicted molar refractivity (Wildman–Crippen MR) is 95.9 cm³/mol. The lowest BCUT2D eigenvalue weighted by atomic mass is 10.4. The van der Waals surface area contributed by atoms with E-state index in [0.29, 0.717) is 29.4 Å². The zero-order chi connectivity index (χ0) is 17.7. The van der Waals surface area contributed by atoms with Crippen molar-refractivity contribution in [3.05, 3.63) is 35.0 Å². The standard InChI is InChI=1S/C14H19N5O4S2/c20-19(21)11-12(15-3-1-9-24-13-17-5-7-22-13)16-4-2-10-25-14-18-6-8-23-14/h5-8H,1-4,9-11H2,(H,15,16). The third-order valence-corrected chi connectivity index (χ3v) is 4.69. The van der Waals surface area contributed by atoms with Crippen LogP contribution >= 0.6 is 23.5 Å². The lowest BCUT2D eigenvalue weighted by Crippen LogP contribution is -2.31. The molecule has 2 aromatic rings. The normalized spacial score (nSPS) is 11.6. The molecule has 0 aliphatic heterocycles. The quantitative estimate of drug-likeness (QED) is 0.147. The molecule has 2 heterocycles. The molecular weight excluding hydrogens is 366 g/mol. The van der Waals surface area contributed by atoms with Crippen molar-refractivity contribution in [3.63, 3.8) is 0 Å². The van der Waals surface area contributed by atoms with Crippen molar-refractivity contribution in [2.24, 2.45) is 4.99 Å². The summed E-state index contributed by atoms with van der Waals surface area (Å²) in [6.07, 6.45) is 7.87. The molecule has 0 atom stereocenters. The van der Waals surface area contributed by atoms with Crippen LogP contribution in [0, 0.1) is 10.1 Å². The van der Waals surface area contributed by atoms with Gasteiger partial charge in [0.1, 0.15) is 12.5 Å². The van der Waals surface area contributed by atoms with Gasteiger partial charge in [0.25, 0.3) is 17.0 Å². The highest BCUT2D eigenvalue weighted by molar-refractivity contribution is 7.99. The molecule has 0 aromatic carbocycles. The number of nitrogens with one attached hydrogen (secondary N) is 1. The molecule has 1 N–H and O–H groups in total. The van der Waals surface area contributed by atoms with Gasteiger partial charge in [0.15, 0.2) is 5.84 Å². The largest absolute Gasteiger partial charge is 0.440 e. The van der Waals surface area contributed by atoms with Crippen molar-refractivity contribution in [1.29, 1.82) is 0 Å². The van der Waals surface area contributed by atoms with Crippen molar-refractivity contribution in [2.75, 3.05) is 31.1 Å². The Morgan fingerprint density at radius 3 is 2.36 bits per heavy atom. The summed E-state index contributed by atoms with van der Waals surface area (Å²) in [7, 11) is 0. The molecule has 25 heavy (non-hydrogen) atoms. The van der Waals surface area contributed by atoms with Gasteiger partial charge in [-0.05, 0) is 12.8 Å². The van der Waals surface area contributed by atoms with E-state index < -0.39 is 0 Å². The first-order chi connectivity index (χ1) is 12.2. The molecule has 0 amide bonds. The zero-order valence-corrected chi connectivity index (χ0v) is 15.1. The number of aliphatic imine (C=N–C) groups is 1. The Labute approximate surface area is 153 Å². The second-order valence-corrected chi connectivity index (χ2v) is 6.84. The lowest BCUT2D eigenvalue weighted by Gasteiger charge is -2.06. The van der Waals surface area contributed by atoms with Crippen LogP contribution in [0.1, 0.15) is 12.8 Å². The van der Waals surface area contributed by atoms with E-state index in [1.54, 1.807) is 12.4 Å². The van der Waals surface area contributed by atoms with Crippen LogP contribution in [0.4, 0.5) is 0 Å². The van der Waals surface area contributed by atoms with E-state index in [1.807, 2.05) is 0 Å². The average Bonchev–Trinajstić information content (AvgIpc) is 3.27. The molecule has 0 aliphatic rings. The number of aromatic nitrogens is 2. The molecule has 9 nitrogen and oxygen atoms in total. The Bertz CT molecular complexity index is 634. The van der Waals surface area contributed by atoms with Crippen molar-refractivity contribution >= 4 is 29.4 Å². The zero-order valence-electron chi connectivity index (χ0n) is 13.5. The van der Waals surface area contributed by atoms with Crippen LogP contribution in [0.5, 0.6) is 0 Å². The smallest absolute Gasteiger partial charge is 0.259 e. The monoisotopic (exact) mass is 385 g/mol. The van der Waals surface area contributed by atoms with E-state index in [0.717, 1.165) is 24.3 Å². The second kappa shape index (κ2) is 11.5. The molecule has 0 spiro atoms. The minimum absolute atomic E-state index is 0.292. The van der Waals surface area contributed by atoms with Crippen LogP contribution in [0.15, 0.2) is 49.2 Å². The first kappa shape index (κ1) is 19.3. The summed E-state index contributed by atoms with van der Waals surface area (Å²) in [6.45, 7) is 0.847. The van der Waals surface area contributed by atoms with Gasteiger partial charge in [0.05, 0.1) is 12.4 Å². The third-order valence-electron chi connectivity index (χ3n) is 2.80. The maximum atomic E-state index is 10.7. The van der Waals surface area contributed by atoms with Crippen LogP contribution in [-0.2, 0) is 0 Å². The second-order valence-electron chi connectivity index (χ2n) is 4.75. The Morgan fingerprint density at radius 1 is 1.16 bits per heavy atom. The van der Waals surface area contributed by atoms with Crippen LogP contribution in [0.2, 0.25) is 0 Å². The molecular formula is C14H19N5O4S2. The molecule has 136 valence electrons. The van der Waals surface area contributed by atoms with E-state index in [9.17, 15) is 10.1 Å². The van der Waals surface area contributed by atoms with Gasteiger partial charge >= 0.3 is 0 Å². The molecule has 0 radical (unpaired) electrons. The van der Waals surface area contributed by atoms with E-state index in [4.69, 9.17) is 8.83 Å². The number of thioether (sulfide) groups is 2. The molecule has 0 aliphatic carbocycles. The van der Waals surface area contributed by atoms with Crippen LogP contribution in [0.25, 0.3) is 0 Å². The maximum Gasteiger partial charge on any atom is 0.259 e. The Hall–Kier alpha value is -2.01. The summed E-state index contributed by atoms with van der Waals surface area (Å²) < 4.78 is 10.2. The van der Waals surface area contributed by atoms with Gasteiger partial charge < -0.3 is 14.2 Å². The van der Waals surface area contributed by atoms with Gasteiger partial charge in [-0.2, -0.15) is 0 Å². The number of hydrogen-bond donors (Lipinski definition) is 1.